The summed E-state index contributed by atoms with van der Waals surface area (Å²) in [5.41, 5.74) is 2.07. The quantitative estimate of drug-likeness (QED) is 0.900. The van der Waals surface area contributed by atoms with E-state index in [0.29, 0.717) is 6.54 Å². The van der Waals surface area contributed by atoms with Crippen LogP contribution in [0.1, 0.15) is 23.6 Å². The number of aromatic hydroxyl groups is 1. The van der Waals surface area contributed by atoms with Crippen LogP contribution in [-0.4, -0.2) is 10.9 Å². The predicted molar refractivity (Wildman–Crippen MR) is 79.4 cm³/mol. The summed E-state index contributed by atoms with van der Waals surface area (Å²) in [6.07, 6.45) is 1.06. The lowest BCUT2D eigenvalue weighted by Crippen LogP contribution is -2.24. The van der Waals surface area contributed by atoms with Gasteiger partial charge in [0.05, 0.1) is 0 Å². The second kappa shape index (κ2) is 5.85. The first-order valence-corrected chi connectivity index (χ1v) is 7.64. The minimum absolute atomic E-state index is 0.0265. The Morgan fingerprint density at radius 1 is 1.25 bits per heavy atom. The lowest BCUT2D eigenvalue weighted by Gasteiger charge is -2.26. The van der Waals surface area contributed by atoms with E-state index < -0.39 is 5.82 Å². The van der Waals surface area contributed by atoms with Crippen molar-refractivity contribution in [2.75, 3.05) is 5.75 Å². The average Bonchev–Trinajstić information content (AvgIpc) is 2.44. The van der Waals surface area contributed by atoms with E-state index in [1.165, 1.54) is 16.5 Å². The number of nitrogens with one attached hydrogen (secondary N) is 1. The van der Waals surface area contributed by atoms with Gasteiger partial charge in [-0.15, -0.1) is 11.8 Å². The lowest BCUT2D eigenvalue weighted by atomic mass is 10.0. The second-order valence-corrected chi connectivity index (χ2v) is 6.06. The van der Waals surface area contributed by atoms with Crippen molar-refractivity contribution in [2.24, 2.45) is 0 Å². The minimum Gasteiger partial charge on any atom is -0.508 e. The molecule has 1 unspecified atom stereocenters. The van der Waals surface area contributed by atoms with E-state index >= 15 is 0 Å². The van der Waals surface area contributed by atoms with E-state index in [2.05, 4.69) is 23.5 Å². The first-order chi connectivity index (χ1) is 9.72. The zero-order valence-electron chi connectivity index (χ0n) is 11.0. The van der Waals surface area contributed by atoms with Gasteiger partial charge in [0.1, 0.15) is 11.6 Å². The third kappa shape index (κ3) is 2.97. The van der Waals surface area contributed by atoms with Crippen molar-refractivity contribution in [3.05, 3.63) is 59.4 Å². The van der Waals surface area contributed by atoms with Crippen LogP contribution >= 0.6 is 11.8 Å². The maximum absolute atomic E-state index is 13.2. The molecule has 0 aromatic heterocycles. The zero-order chi connectivity index (χ0) is 13.9. The fourth-order valence-corrected chi connectivity index (χ4v) is 3.66. The minimum atomic E-state index is -0.401. The van der Waals surface area contributed by atoms with Gasteiger partial charge >= 0.3 is 0 Å². The van der Waals surface area contributed by atoms with Gasteiger partial charge in [-0.1, -0.05) is 18.2 Å². The van der Waals surface area contributed by atoms with Crippen LogP contribution in [-0.2, 0) is 6.54 Å². The molecule has 0 bridgehead atoms. The number of hydrogen-bond donors (Lipinski definition) is 2. The first kappa shape index (κ1) is 13.5. The summed E-state index contributed by atoms with van der Waals surface area (Å²) in [5.74, 6) is 0.658. The van der Waals surface area contributed by atoms with Crippen LogP contribution in [0, 0.1) is 5.82 Å². The number of phenolic OH excluding ortho intramolecular Hbond substituents is 1. The van der Waals surface area contributed by atoms with Gasteiger partial charge in [-0.05, 0) is 41.5 Å². The highest BCUT2D eigenvalue weighted by molar-refractivity contribution is 7.99. The molecule has 2 aromatic rings. The fraction of sp³-hybridized carbons (Fsp3) is 0.250. The Morgan fingerprint density at radius 3 is 2.95 bits per heavy atom. The molecule has 4 heteroatoms. The highest BCUT2D eigenvalue weighted by atomic mass is 32.2. The average molecular weight is 289 g/mol. The van der Waals surface area contributed by atoms with Crippen molar-refractivity contribution in [3.63, 3.8) is 0 Å². The molecular formula is C16H16FNOS. The van der Waals surface area contributed by atoms with Gasteiger partial charge in [0.25, 0.3) is 0 Å². The molecule has 20 heavy (non-hydrogen) atoms. The molecule has 1 atom stereocenters. The molecule has 0 saturated carbocycles. The maximum atomic E-state index is 13.2. The molecule has 0 saturated heterocycles. The summed E-state index contributed by atoms with van der Waals surface area (Å²) < 4.78 is 13.2. The van der Waals surface area contributed by atoms with Gasteiger partial charge < -0.3 is 10.4 Å². The second-order valence-electron chi connectivity index (χ2n) is 4.93. The predicted octanol–water partition coefficient (Wildman–Crippen LogP) is 3.86. The molecule has 2 N–H and O–H groups in total. The number of halogens is 1. The van der Waals surface area contributed by atoms with Gasteiger partial charge in [0, 0.05) is 23.5 Å². The fourth-order valence-electron chi connectivity index (χ4n) is 2.53. The smallest absolute Gasteiger partial charge is 0.127 e. The Kier molecular flexibility index (Phi) is 3.94. The molecule has 0 radical (unpaired) electrons. The highest BCUT2D eigenvalue weighted by Gasteiger charge is 2.19. The van der Waals surface area contributed by atoms with Crippen molar-refractivity contribution >= 4 is 11.8 Å². The normalized spacial score (nSPS) is 17.8. The van der Waals surface area contributed by atoms with Gasteiger partial charge in [-0.2, -0.15) is 0 Å². The molecule has 0 fully saturated rings. The number of fused-ring (bicyclic) bond motifs is 1. The van der Waals surface area contributed by atoms with E-state index in [-0.39, 0.29) is 11.8 Å². The summed E-state index contributed by atoms with van der Waals surface area (Å²) in [6.45, 7) is 0.551. The molecule has 1 aliphatic heterocycles. The number of hydrogen-bond acceptors (Lipinski definition) is 3. The number of benzene rings is 2. The third-order valence-electron chi connectivity index (χ3n) is 3.45. The van der Waals surface area contributed by atoms with Crippen LogP contribution in [0.3, 0.4) is 0 Å². The Morgan fingerprint density at radius 2 is 2.10 bits per heavy atom. The van der Waals surface area contributed by atoms with Crippen LogP contribution in [0.2, 0.25) is 0 Å². The topological polar surface area (TPSA) is 32.3 Å². The zero-order valence-corrected chi connectivity index (χ0v) is 11.8. The van der Waals surface area contributed by atoms with Crippen LogP contribution in [0.4, 0.5) is 4.39 Å². The molecular weight excluding hydrogens is 273 g/mol. The molecule has 1 heterocycles. The number of thioether (sulfide) groups is 1. The monoisotopic (exact) mass is 289 g/mol. The van der Waals surface area contributed by atoms with Crippen LogP contribution in [0.5, 0.6) is 5.75 Å². The van der Waals surface area contributed by atoms with Gasteiger partial charge in [-0.3, -0.25) is 0 Å². The van der Waals surface area contributed by atoms with Crippen molar-refractivity contribution in [1.29, 1.82) is 0 Å². The Bertz CT molecular complexity index is 597. The Labute approximate surface area is 122 Å². The Balaban J connectivity index is 1.73. The SMILES string of the molecule is Oc1cc(F)cc(CNC2CCSc3ccccc32)c1. The highest BCUT2D eigenvalue weighted by Crippen LogP contribution is 2.35. The molecule has 3 rings (SSSR count). The largest absolute Gasteiger partial charge is 0.508 e. The summed E-state index contributed by atoms with van der Waals surface area (Å²) in [6, 6.07) is 12.8. The van der Waals surface area contributed by atoms with Crippen molar-refractivity contribution in [2.45, 2.75) is 23.9 Å². The Hall–Kier alpha value is -1.52. The first-order valence-electron chi connectivity index (χ1n) is 6.66. The van der Waals surface area contributed by atoms with E-state index in [9.17, 15) is 9.50 Å². The summed E-state index contributed by atoms with van der Waals surface area (Å²) in [4.78, 5) is 1.32. The standard InChI is InChI=1S/C16H16FNOS/c17-12-7-11(8-13(19)9-12)10-18-15-5-6-20-16-4-2-1-3-14(15)16/h1-4,7-9,15,18-19H,5-6,10H2. The number of rotatable bonds is 3. The van der Waals surface area contributed by atoms with E-state index in [1.807, 2.05) is 17.8 Å². The van der Waals surface area contributed by atoms with Crippen molar-refractivity contribution in [3.8, 4) is 5.75 Å². The van der Waals surface area contributed by atoms with Crippen LogP contribution in [0.25, 0.3) is 0 Å². The van der Waals surface area contributed by atoms with Crippen LogP contribution in [0.15, 0.2) is 47.4 Å². The molecule has 2 aromatic carbocycles. The van der Waals surface area contributed by atoms with E-state index in [4.69, 9.17) is 0 Å². The van der Waals surface area contributed by atoms with Crippen molar-refractivity contribution in [1.82, 2.24) is 5.32 Å². The summed E-state index contributed by atoms with van der Waals surface area (Å²) in [7, 11) is 0. The number of phenols is 1. The molecule has 0 spiro atoms. The summed E-state index contributed by atoms with van der Waals surface area (Å²) in [5, 5.41) is 12.9. The van der Waals surface area contributed by atoms with Gasteiger partial charge in [0.15, 0.2) is 0 Å². The van der Waals surface area contributed by atoms with E-state index in [0.717, 1.165) is 23.8 Å². The third-order valence-corrected chi connectivity index (χ3v) is 4.58. The van der Waals surface area contributed by atoms with Crippen LogP contribution < -0.4 is 5.32 Å². The molecule has 0 aliphatic carbocycles. The molecule has 2 nitrogen and oxygen atoms in total. The maximum Gasteiger partial charge on any atom is 0.127 e. The lowest BCUT2D eigenvalue weighted by molar-refractivity contribution is 0.464. The molecule has 104 valence electrons. The van der Waals surface area contributed by atoms with E-state index in [1.54, 1.807) is 6.07 Å². The van der Waals surface area contributed by atoms with Gasteiger partial charge in [0.2, 0.25) is 0 Å². The summed E-state index contributed by atoms with van der Waals surface area (Å²) >= 11 is 1.88. The molecule has 1 aliphatic rings. The van der Waals surface area contributed by atoms with Crippen molar-refractivity contribution < 1.29 is 9.50 Å². The molecule has 0 amide bonds. The van der Waals surface area contributed by atoms with Gasteiger partial charge in [-0.25, -0.2) is 4.39 Å².